The minimum atomic E-state index is -0.724. The van der Waals surface area contributed by atoms with Crippen LogP contribution in [0.5, 0.6) is 0 Å². The summed E-state index contributed by atoms with van der Waals surface area (Å²) in [5.41, 5.74) is -0.715. The van der Waals surface area contributed by atoms with Crippen molar-refractivity contribution in [2.24, 2.45) is 11.8 Å². The second kappa shape index (κ2) is 6.53. The Kier molecular flexibility index (Phi) is 5.60. The normalized spacial score (nSPS) is 31.9. The second-order valence-corrected chi connectivity index (χ2v) is 5.89. The van der Waals surface area contributed by atoms with E-state index in [0.29, 0.717) is 44.2 Å². The van der Waals surface area contributed by atoms with E-state index in [2.05, 4.69) is 26.1 Å². The van der Waals surface area contributed by atoms with E-state index in [1.165, 1.54) is 0 Å². The molecule has 18 heavy (non-hydrogen) atoms. The Morgan fingerprint density at radius 2 is 1.94 bits per heavy atom. The van der Waals surface area contributed by atoms with Crippen LogP contribution in [0.1, 0.15) is 52.9 Å². The van der Waals surface area contributed by atoms with Gasteiger partial charge < -0.3 is 15.5 Å². The van der Waals surface area contributed by atoms with Gasteiger partial charge in [0, 0.05) is 12.6 Å². The Labute approximate surface area is 110 Å². The molecule has 2 atom stereocenters. The average Bonchev–Trinajstić information content (AvgIpc) is 2.35. The van der Waals surface area contributed by atoms with Gasteiger partial charge in [0.2, 0.25) is 0 Å². The zero-order chi connectivity index (χ0) is 13.8. The molecule has 0 aliphatic heterocycles. The highest BCUT2D eigenvalue weighted by Crippen LogP contribution is 2.32. The van der Waals surface area contributed by atoms with Gasteiger partial charge in [0.25, 0.3) is 0 Å². The third-order valence-electron chi connectivity index (χ3n) is 4.52. The third-order valence-corrected chi connectivity index (χ3v) is 4.52. The molecule has 0 aromatic rings. The lowest BCUT2D eigenvalue weighted by Gasteiger charge is -2.36. The van der Waals surface area contributed by atoms with Crippen LogP contribution in [-0.4, -0.2) is 34.4 Å². The lowest BCUT2D eigenvalue weighted by atomic mass is 9.78. The highest BCUT2D eigenvalue weighted by atomic mass is 16.4. The number of carboxylic acid groups (broad SMARTS) is 1. The third kappa shape index (κ3) is 4.25. The van der Waals surface area contributed by atoms with Gasteiger partial charge in [-0.05, 0) is 38.5 Å². The van der Waals surface area contributed by atoms with Gasteiger partial charge in [-0.3, -0.25) is 4.79 Å². The molecule has 106 valence electrons. The molecule has 0 aromatic carbocycles. The van der Waals surface area contributed by atoms with Crippen LogP contribution in [0.15, 0.2) is 0 Å². The lowest BCUT2D eigenvalue weighted by molar-refractivity contribution is -0.144. The standard InChI is InChI=1S/C14H27NO3/c1-4-10(2)11(3)15-9-14(18)7-5-12(6-8-14)13(16)17/h10-12,15,18H,4-9H2,1-3H3,(H,16,17). The van der Waals surface area contributed by atoms with Gasteiger partial charge >= 0.3 is 5.97 Å². The number of hydrogen-bond donors (Lipinski definition) is 3. The minimum Gasteiger partial charge on any atom is -0.481 e. The first kappa shape index (κ1) is 15.4. The molecule has 1 aliphatic carbocycles. The molecule has 0 radical (unpaired) electrons. The molecule has 4 nitrogen and oxygen atoms in total. The number of aliphatic carboxylic acids is 1. The molecular formula is C14H27NO3. The Balaban J connectivity index is 2.36. The molecule has 1 fully saturated rings. The van der Waals surface area contributed by atoms with Crippen molar-refractivity contribution in [2.45, 2.75) is 64.5 Å². The first-order valence-corrected chi connectivity index (χ1v) is 7.06. The molecule has 0 amide bonds. The first-order chi connectivity index (χ1) is 8.38. The predicted molar refractivity (Wildman–Crippen MR) is 71.5 cm³/mol. The summed E-state index contributed by atoms with van der Waals surface area (Å²) in [6.45, 7) is 7.07. The van der Waals surface area contributed by atoms with Crippen molar-refractivity contribution in [1.29, 1.82) is 0 Å². The van der Waals surface area contributed by atoms with Gasteiger partial charge in [-0.1, -0.05) is 20.3 Å². The quantitative estimate of drug-likeness (QED) is 0.681. The fourth-order valence-corrected chi connectivity index (χ4v) is 2.48. The second-order valence-electron chi connectivity index (χ2n) is 5.89. The zero-order valence-electron chi connectivity index (χ0n) is 11.8. The van der Waals surface area contributed by atoms with Gasteiger partial charge in [-0.15, -0.1) is 0 Å². The Morgan fingerprint density at radius 3 is 2.39 bits per heavy atom. The van der Waals surface area contributed by atoms with Crippen molar-refractivity contribution in [2.75, 3.05) is 6.54 Å². The molecule has 2 unspecified atom stereocenters. The molecular weight excluding hydrogens is 230 g/mol. The maximum absolute atomic E-state index is 10.9. The molecule has 1 aliphatic rings. The van der Waals surface area contributed by atoms with E-state index in [-0.39, 0.29) is 5.92 Å². The number of hydrogen-bond acceptors (Lipinski definition) is 3. The fraction of sp³-hybridized carbons (Fsp3) is 0.929. The van der Waals surface area contributed by atoms with Crippen LogP contribution in [0.4, 0.5) is 0 Å². The Hall–Kier alpha value is -0.610. The number of rotatable bonds is 6. The van der Waals surface area contributed by atoms with E-state index in [4.69, 9.17) is 5.11 Å². The van der Waals surface area contributed by atoms with E-state index < -0.39 is 11.6 Å². The Bertz CT molecular complexity index is 272. The van der Waals surface area contributed by atoms with Gasteiger partial charge in [0.05, 0.1) is 11.5 Å². The molecule has 0 heterocycles. The summed E-state index contributed by atoms with van der Waals surface area (Å²) in [5, 5.41) is 22.7. The largest absolute Gasteiger partial charge is 0.481 e. The van der Waals surface area contributed by atoms with Gasteiger partial charge in [0.15, 0.2) is 0 Å². The summed E-state index contributed by atoms with van der Waals surface area (Å²) >= 11 is 0. The van der Waals surface area contributed by atoms with Crippen LogP contribution in [0, 0.1) is 11.8 Å². The summed E-state index contributed by atoms with van der Waals surface area (Å²) in [6, 6.07) is 0.385. The van der Waals surface area contributed by atoms with Crippen molar-refractivity contribution in [1.82, 2.24) is 5.32 Å². The molecule has 0 spiro atoms. The minimum absolute atomic E-state index is 0.266. The molecule has 0 aromatic heterocycles. The smallest absolute Gasteiger partial charge is 0.306 e. The maximum atomic E-state index is 10.9. The lowest BCUT2D eigenvalue weighted by Crippen LogP contribution is -2.47. The summed E-state index contributed by atoms with van der Waals surface area (Å²) in [7, 11) is 0. The maximum Gasteiger partial charge on any atom is 0.306 e. The molecule has 1 rings (SSSR count). The highest BCUT2D eigenvalue weighted by Gasteiger charge is 2.35. The van der Waals surface area contributed by atoms with Crippen molar-refractivity contribution < 1.29 is 15.0 Å². The number of nitrogens with one attached hydrogen (secondary N) is 1. The first-order valence-electron chi connectivity index (χ1n) is 7.06. The van der Waals surface area contributed by atoms with Crippen molar-refractivity contribution in [3.05, 3.63) is 0 Å². The number of carbonyl (C=O) groups is 1. The number of aliphatic hydroxyl groups is 1. The SMILES string of the molecule is CCC(C)C(C)NCC1(O)CCC(C(=O)O)CC1. The summed E-state index contributed by atoms with van der Waals surface area (Å²) in [4.78, 5) is 10.9. The molecule has 4 heteroatoms. The average molecular weight is 257 g/mol. The van der Waals surface area contributed by atoms with E-state index in [1.807, 2.05) is 0 Å². The van der Waals surface area contributed by atoms with Crippen LogP contribution >= 0.6 is 0 Å². The predicted octanol–water partition coefficient (Wildman–Crippen LogP) is 2.02. The zero-order valence-corrected chi connectivity index (χ0v) is 11.8. The monoisotopic (exact) mass is 257 g/mol. The molecule has 0 bridgehead atoms. The Morgan fingerprint density at radius 1 is 1.39 bits per heavy atom. The topological polar surface area (TPSA) is 69.6 Å². The van der Waals surface area contributed by atoms with Gasteiger partial charge in [0.1, 0.15) is 0 Å². The fourth-order valence-electron chi connectivity index (χ4n) is 2.48. The summed E-state index contributed by atoms with van der Waals surface area (Å²) in [5.74, 6) is -0.404. The van der Waals surface area contributed by atoms with E-state index in [1.54, 1.807) is 0 Å². The van der Waals surface area contributed by atoms with E-state index >= 15 is 0 Å². The van der Waals surface area contributed by atoms with Gasteiger partial charge in [-0.25, -0.2) is 0 Å². The van der Waals surface area contributed by atoms with Crippen LogP contribution in [0.3, 0.4) is 0 Å². The highest BCUT2D eigenvalue weighted by molar-refractivity contribution is 5.70. The molecule has 0 saturated heterocycles. The van der Waals surface area contributed by atoms with Crippen molar-refractivity contribution in [3.8, 4) is 0 Å². The van der Waals surface area contributed by atoms with Crippen LogP contribution in [-0.2, 0) is 4.79 Å². The van der Waals surface area contributed by atoms with E-state index in [0.717, 1.165) is 6.42 Å². The summed E-state index contributed by atoms with van der Waals surface area (Å²) in [6.07, 6.45) is 3.47. The van der Waals surface area contributed by atoms with Crippen molar-refractivity contribution in [3.63, 3.8) is 0 Å². The molecule has 3 N–H and O–H groups in total. The summed E-state index contributed by atoms with van der Waals surface area (Å²) < 4.78 is 0. The van der Waals surface area contributed by atoms with E-state index in [9.17, 15) is 9.90 Å². The van der Waals surface area contributed by atoms with Crippen LogP contribution in [0.2, 0.25) is 0 Å². The molecule has 1 saturated carbocycles. The van der Waals surface area contributed by atoms with Crippen molar-refractivity contribution >= 4 is 5.97 Å². The number of carboxylic acids is 1. The van der Waals surface area contributed by atoms with Crippen LogP contribution in [0.25, 0.3) is 0 Å². The van der Waals surface area contributed by atoms with Gasteiger partial charge in [-0.2, -0.15) is 0 Å². The van der Waals surface area contributed by atoms with Crippen LogP contribution < -0.4 is 5.32 Å².